The van der Waals surface area contributed by atoms with Gasteiger partial charge in [-0.1, -0.05) is 17.7 Å². The number of nitrogens with zero attached hydrogens (tertiary/aromatic N) is 1. The van der Waals surface area contributed by atoms with E-state index in [0.29, 0.717) is 23.7 Å². The molecule has 4 nitrogen and oxygen atoms in total. The number of hydrogen-bond donors (Lipinski definition) is 2. The first kappa shape index (κ1) is 13.3. The van der Waals surface area contributed by atoms with Gasteiger partial charge in [0, 0.05) is 20.1 Å². The number of aliphatic hydroxyl groups excluding tert-OH is 1. The highest BCUT2D eigenvalue weighted by molar-refractivity contribution is 6.33. The summed E-state index contributed by atoms with van der Waals surface area (Å²) in [4.78, 5) is 13.9. The topological polar surface area (TPSA) is 52.6 Å². The molecule has 0 spiro atoms. The van der Waals surface area contributed by atoms with E-state index in [9.17, 15) is 9.90 Å². The Kier molecular flexibility index (Phi) is 3.90. The Labute approximate surface area is 112 Å². The first-order valence-electron chi connectivity index (χ1n) is 5.93. The number of likely N-dealkylation sites (N-methyl/N-ethyl adjacent to an activating group) is 1. The highest BCUT2D eigenvalue weighted by Gasteiger charge is 2.32. The van der Waals surface area contributed by atoms with Gasteiger partial charge in [-0.2, -0.15) is 0 Å². The van der Waals surface area contributed by atoms with Crippen molar-refractivity contribution < 1.29 is 9.90 Å². The minimum atomic E-state index is -0.525. The van der Waals surface area contributed by atoms with Gasteiger partial charge in [0.15, 0.2) is 0 Å². The maximum absolute atomic E-state index is 12.3. The lowest BCUT2D eigenvalue weighted by molar-refractivity contribution is 0.0581. The SMILES string of the molecule is Cc1ccc(C(=O)N(C)[C@H]2CNC[C@@H]2O)c(Cl)c1. The van der Waals surface area contributed by atoms with E-state index in [2.05, 4.69) is 5.32 Å². The van der Waals surface area contributed by atoms with Crippen molar-refractivity contribution in [3.63, 3.8) is 0 Å². The van der Waals surface area contributed by atoms with Crippen LogP contribution in [0.4, 0.5) is 0 Å². The van der Waals surface area contributed by atoms with E-state index in [1.54, 1.807) is 24.1 Å². The van der Waals surface area contributed by atoms with Crippen LogP contribution in [0.3, 0.4) is 0 Å². The second kappa shape index (κ2) is 5.26. The van der Waals surface area contributed by atoms with Gasteiger partial charge < -0.3 is 15.3 Å². The molecule has 0 bridgehead atoms. The molecule has 0 aliphatic carbocycles. The van der Waals surface area contributed by atoms with Crippen LogP contribution in [-0.4, -0.2) is 48.2 Å². The number of β-amino-alcohol motifs (C(OH)–C–C–N with tert-alkyl or cyclic N) is 1. The smallest absolute Gasteiger partial charge is 0.255 e. The summed E-state index contributed by atoms with van der Waals surface area (Å²) in [5.41, 5.74) is 1.49. The zero-order valence-corrected chi connectivity index (χ0v) is 11.2. The quantitative estimate of drug-likeness (QED) is 0.843. The summed E-state index contributed by atoms with van der Waals surface area (Å²) in [7, 11) is 1.69. The number of amides is 1. The molecule has 0 aromatic heterocycles. The molecule has 2 atom stereocenters. The normalized spacial score (nSPS) is 23.1. The Morgan fingerprint density at radius 3 is 2.78 bits per heavy atom. The van der Waals surface area contributed by atoms with Crippen LogP contribution in [0.1, 0.15) is 15.9 Å². The van der Waals surface area contributed by atoms with Crippen molar-refractivity contribution in [2.45, 2.75) is 19.1 Å². The molecule has 2 rings (SSSR count). The van der Waals surface area contributed by atoms with E-state index in [1.807, 2.05) is 13.0 Å². The molecular formula is C13H17ClN2O2. The third kappa shape index (κ3) is 2.51. The summed E-state index contributed by atoms with van der Waals surface area (Å²) in [5.74, 6) is -0.159. The maximum Gasteiger partial charge on any atom is 0.255 e. The Morgan fingerprint density at radius 2 is 2.22 bits per heavy atom. The lowest BCUT2D eigenvalue weighted by Crippen LogP contribution is -2.44. The lowest BCUT2D eigenvalue weighted by Gasteiger charge is -2.26. The third-order valence-corrected chi connectivity index (χ3v) is 3.64. The fraction of sp³-hybridized carbons (Fsp3) is 0.462. The van der Waals surface area contributed by atoms with E-state index >= 15 is 0 Å². The first-order chi connectivity index (χ1) is 8.50. The maximum atomic E-state index is 12.3. The number of carbonyl (C=O) groups is 1. The number of rotatable bonds is 2. The predicted molar refractivity (Wildman–Crippen MR) is 70.9 cm³/mol. The van der Waals surface area contributed by atoms with Crippen LogP contribution in [0.25, 0.3) is 0 Å². The monoisotopic (exact) mass is 268 g/mol. The number of hydrogen-bond acceptors (Lipinski definition) is 3. The summed E-state index contributed by atoms with van der Waals surface area (Å²) in [6.07, 6.45) is -0.525. The Hall–Kier alpha value is -1.10. The molecular weight excluding hydrogens is 252 g/mol. The van der Waals surface area contributed by atoms with Gasteiger partial charge in [0.25, 0.3) is 5.91 Å². The van der Waals surface area contributed by atoms with Gasteiger partial charge in [-0.05, 0) is 24.6 Å². The van der Waals surface area contributed by atoms with E-state index in [-0.39, 0.29) is 11.9 Å². The van der Waals surface area contributed by atoms with E-state index in [1.165, 1.54) is 0 Å². The summed E-state index contributed by atoms with van der Waals surface area (Å²) >= 11 is 6.09. The number of carbonyl (C=O) groups excluding carboxylic acids is 1. The van der Waals surface area contributed by atoms with Crippen LogP contribution >= 0.6 is 11.6 Å². The number of nitrogens with one attached hydrogen (secondary N) is 1. The fourth-order valence-electron chi connectivity index (χ4n) is 2.18. The molecule has 1 aromatic rings. The number of aryl methyl sites for hydroxylation is 1. The minimum Gasteiger partial charge on any atom is -0.390 e. The highest BCUT2D eigenvalue weighted by Crippen LogP contribution is 2.20. The lowest BCUT2D eigenvalue weighted by atomic mass is 10.1. The molecule has 1 fully saturated rings. The zero-order chi connectivity index (χ0) is 13.3. The van der Waals surface area contributed by atoms with Crippen molar-refractivity contribution in [1.29, 1.82) is 0 Å². The van der Waals surface area contributed by atoms with Gasteiger partial charge in [-0.15, -0.1) is 0 Å². The molecule has 2 N–H and O–H groups in total. The van der Waals surface area contributed by atoms with Crippen molar-refractivity contribution in [3.8, 4) is 0 Å². The van der Waals surface area contributed by atoms with E-state index in [0.717, 1.165) is 5.56 Å². The molecule has 1 amide bonds. The molecule has 1 aromatic carbocycles. The summed E-state index contributed by atoms with van der Waals surface area (Å²) in [6, 6.07) is 5.16. The molecule has 1 heterocycles. The number of halogens is 1. The van der Waals surface area contributed by atoms with Gasteiger partial charge in [0.2, 0.25) is 0 Å². The molecule has 0 saturated carbocycles. The van der Waals surface area contributed by atoms with Gasteiger partial charge in [0.1, 0.15) is 0 Å². The van der Waals surface area contributed by atoms with Crippen LogP contribution in [0.15, 0.2) is 18.2 Å². The summed E-state index contributed by atoms with van der Waals surface area (Å²) in [6.45, 7) is 3.05. The molecule has 1 aliphatic rings. The van der Waals surface area contributed by atoms with Gasteiger partial charge >= 0.3 is 0 Å². The van der Waals surface area contributed by atoms with Crippen LogP contribution < -0.4 is 5.32 Å². The molecule has 18 heavy (non-hydrogen) atoms. The first-order valence-corrected chi connectivity index (χ1v) is 6.30. The summed E-state index contributed by atoms with van der Waals surface area (Å²) < 4.78 is 0. The second-order valence-corrected chi connectivity index (χ2v) is 5.10. The Morgan fingerprint density at radius 1 is 1.50 bits per heavy atom. The van der Waals surface area contributed by atoms with Crippen LogP contribution in [0.2, 0.25) is 5.02 Å². The molecule has 1 aliphatic heterocycles. The van der Waals surface area contributed by atoms with Crippen LogP contribution in [-0.2, 0) is 0 Å². The van der Waals surface area contributed by atoms with Gasteiger partial charge in [0.05, 0.1) is 22.7 Å². The Bertz CT molecular complexity index is 464. The fourth-order valence-corrected chi connectivity index (χ4v) is 2.50. The molecule has 1 saturated heterocycles. The van der Waals surface area contributed by atoms with Gasteiger partial charge in [-0.3, -0.25) is 4.79 Å². The number of aliphatic hydroxyl groups is 1. The third-order valence-electron chi connectivity index (χ3n) is 3.32. The van der Waals surface area contributed by atoms with E-state index < -0.39 is 6.10 Å². The molecule has 0 radical (unpaired) electrons. The Balaban J connectivity index is 2.20. The molecule has 98 valence electrons. The van der Waals surface area contributed by atoms with Crippen LogP contribution in [0, 0.1) is 6.92 Å². The highest BCUT2D eigenvalue weighted by atomic mass is 35.5. The molecule has 0 unspecified atom stereocenters. The van der Waals surface area contributed by atoms with Crippen molar-refractivity contribution in [3.05, 3.63) is 34.3 Å². The second-order valence-electron chi connectivity index (χ2n) is 4.69. The predicted octanol–water partition coefficient (Wildman–Crippen LogP) is 1.05. The standard InChI is InChI=1S/C13H17ClN2O2/c1-8-3-4-9(10(14)5-8)13(18)16(2)11-6-15-7-12(11)17/h3-5,11-12,15,17H,6-7H2,1-2H3/t11-,12-/m0/s1. The average Bonchev–Trinajstić information content (AvgIpc) is 2.74. The van der Waals surface area contributed by atoms with Crippen molar-refractivity contribution >= 4 is 17.5 Å². The number of benzene rings is 1. The molecule has 5 heteroatoms. The average molecular weight is 269 g/mol. The van der Waals surface area contributed by atoms with Gasteiger partial charge in [-0.25, -0.2) is 0 Å². The minimum absolute atomic E-state index is 0.159. The van der Waals surface area contributed by atoms with Crippen LogP contribution in [0.5, 0.6) is 0 Å². The largest absolute Gasteiger partial charge is 0.390 e. The van der Waals surface area contributed by atoms with Crippen molar-refractivity contribution in [2.75, 3.05) is 20.1 Å². The van der Waals surface area contributed by atoms with Crippen molar-refractivity contribution in [1.82, 2.24) is 10.2 Å². The summed E-state index contributed by atoms with van der Waals surface area (Å²) in [5, 5.41) is 13.3. The van der Waals surface area contributed by atoms with E-state index in [4.69, 9.17) is 11.6 Å². The zero-order valence-electron chi connectivity index (χ0n) is 10.5. The van der Waals surface area contributed by atoms with Crippen molar-refractivity contribution in [2.24, 2.45) is 0 Å².